The van der Waals surface area contributed by atoms with Crippen molar-refractivity contribution in [1.82, 2.24) is 5.32 Å². The molecule has 1 aliphatic rings. The van der Waals surface area contributed by atoms with Gasteiger partial charge in [0.2, 0.25) is 0 Å². The molecule has 4 heteroatoms. The molecule has 20 heavy (non-hydrogen) atoms. The van der Waals surface area contributed by atoms with Gasteiger partial charge >= 0.3 is 0 Å². The summed E-state index contributed by atoms with van der Waals surface area (Å²) in [5, 5.41) is 3.25. The number of hydrogen-bond donors (Lipinski definition) is 1. The van der Waals surface area contributed by atoms with Crippen LogP contribution in [0, 0.1) is 5.82 Å². The first-order chi connectivity index (χ1) is 9.69. The number of benzene rings is 2. The Bertz CT molecular complexity index is 624. The van der Waals surface area contributed by atoms with Crippen molar-refractivity contribution in [1.29, 1.82) is 0 Å². The first kappa shape index (κ1) is 13.6. The minimum Gasteiger partial charge on any atom is -0.493 e. The van der Waals surface area contributed by atoms with Gasteiger partial charge in [0.25, 0.3) is 0 Å². The van der Waals surface area contributed by atoms with Crippen molar-refractivity contribution in [3.8, 4) is 5.75 Å². The second-order valence-electron chi connectivity index (χ2n) is 4.86. The fraction of sp³-hybridized carbons (Fsp3) is 0.250. The van der Waals surface area contributed by atoms with Gasteiger partial charge < -0.3 is 10.1 Å². The Labute approximate surface area is 126 Å². The maximum atomic E-state index is 13.6. The number of halogens is 2. The van der Waals surface area contributed by atoms with Gasteiger partial charge in [0.15, 0.2) is 0 Å². The van der Waals surface area contributed by atoms with Gasteiger partial charge in [0.1, 0.15) is 11.6 Å². The first-order valence-electron chi connectivity index (χ1n) is 6.57. The van der Waals surface area contributed by atoms with Crippen LogP contribution >= 0.6 is 15.9 Å². The molecule has 0 fully saturated rings. The van der Waals surface area contributed by atoms with Crippen LogP contribution in [0.1, 0.15) is 22.7 Å². The summed E-state index contributed by atoms with van der Waals surface area (Å²) in [6.45, 7) is 0.718. The minimum atomic E-state index is -0.247. The molecular formula is C16H15BrFNO. The van der Waals surface area contributed by atoms with E-state index in [1.165, 1.54) is 11.6 Å². The third-order valence-corrected chi connectivity index (χ3v) is 4.02. The van der Waals surface area contributed by atoms with Crippen molar-refractivity contribution >= 4 is 15.9 Å². The van der Waals surface area contributed by atoms with E-state index in [4.69, 9.17) is 4.74 Å². The van der Waals surface area contributed by atoms with Crippen LogP contribution in [0.3, 0.4) is 0 Å². The van der Waals surface area contributed by atoms with E-state index in [1.54, 1.807) is 6.07 Å². The molecule has 0 aromatic heterocycles. The summed E-state index contributed by atoms with van der Waals surface area (Å²) in [6.07, 6.45) is 0.937. The summed E-state index contributed by atoms with van der Waals surface area (Å²) >= 11 is 3.35. The van der Waals surface area contributed by atoms with Crippen molar-refractivity contribution in [2.45, 2.75) is 12.5 Å². The Balaban J connectivity index is 2.08. The molecule has 0 spiro atoms. The Kier molecular flexibility index (Phi) is 3.76. The van der Waals surface area contributed by atoms with E-state index in [0.717, 1.165) is 34.4 Å². The quantitative estimate of drug-likeness (QED) is 0.920. The SMILES string of the molecule is CNC(c1cc(F)cc(Br)c1)c1cccc2c1OCC2. The molecule has 1 aliphatic heterocycles. The van der Waals surface area contributed by atoms with Crippen molar-refractivity contribution in [3.05, 3.63) is 63.4 Å². The second kappa shape index (κ2) is 5.54. The van der Waals surface area contributed by atoms with Crippen LogP contribution in [0.25, 0.3) is 0 Å². The van der Waals surface area contributed by atoms with Crippen LogP contribution < -0.4 is 10.1 Å². The van der Waals surface area contributed by atoms with Crippen LogP contribution in [0.4, 0.5) is 4.39 Å². The molecule has 0 saturated carbocycles. The Morgan fingerprint density at radius 2 is 2.15 bits per heavy atom. The molecule has 1 heterocycles. The fourth-order valence-corrected chi connectivity index (χ4v) is 3.19. The van der Waals surface area contributed by atoms with E-state index in [9.17, 15) is 4.39 Å². The Hall–Kier alpha value is -1.39. The van der Waals surface area contributed by atoms with Crippen LogP contribution in [-0.2, 0) is 6.42 Å². The van der Waals surface area contributed by atoms with Crippen LogP contribution in [0.5, 0.6) is 5.75 Å². The monoisotopic (exact) mass is 335 g/mol. The summed E-state index contributed by atoms with van der Waals surface area (Å²) in [7, 11) is 1.87. The highest BCUT2D eigenvalue weighted by Crippen LogP contribution is 2.36. The van der Waals surface area contributed by atoms with Gasteiger partial charge in [0.05, 0.1) is 12.6 Å². The van der Waals surface area contributed by atoms with Crippen molar-refractivity contribution in [3.63, 3.8) is 0 Å². The summed E-state index contributed by atoms with van der Waals surface area (Å²) in [5.74, 6) is 0.690. The lowest BCUT2D eigenvalue weighted by Crippen LogP contribution is -2.18. The maximum absolute atomic E-state index is 13.6. The van der Waals surface area contributed by atoms with Crippen molar-refractivity contribution < 1.29 is 9.13 Å². The largest absolute Gasteiger partial charge is 0.493 e. The van der Waals surface area contributed by atoms with Gasteiger partial charge in [-0.15, -0.1) is 0 Å². The van der Waals surface area contributed by atoms with E-state index in [2.05, 4.69) is 27.3 Å². The molecule has 104 valence electrons. The lowest BCUT2D eigenvalue weighted by molar-refractivity contribution is 0.351. The number of ether oxygens (including phenoxy) is 1. The molecule has 2 nitrogen and oxygen atoms in total. The summed E-state index contributed by atoms with van der Waals surface area (Å²) < 4.78 is 20.1. The highest BCUT2D eigenvalue weighted by Gasteiger charge is 2.22. The summed E-state index contributed by atoms with van der Waals surface area (Å²) in [6, 6.07) is 11.0. The van der Waals surface area contributed by atoms with Gasteiger partial charge in [0, 0.05) is 16.5 Å². The number of para-hydroxylation sites is 1. The number of hydrogen-bond acceptors (Lipinski definition) is 2. The fourth-order valence-electron chi connectivity index (χ4n) is 2.71. The van der Waals surface area contributed by atoms with E-state index in [0.29, 0.717) is 0 Å². The van der Waals surface area contributed by atoms with Gasteiger partial charge in [-0.3, -0.25) is 0 Å². The third kappa shape index (κ3) is 2.45. The van der Waals surface area contributed by atoms with Gasteiger partial charge in [-0.2, -0.15) is 0 Å². The molecule has 0 aliphatic carbocycles. The third-order valence-electron chi connectivity index (χ3n) is 3.56. The zero-order valence-corrected chi connectivity index (χ0v) is 12.7. The summed E-state index contributed by atoms with van der Waals surface area (Å²) in [4.78, 5) is 0. The molecule has 3 rings (SSSR count). The van der Waals surface area contributed by atoms with E-state index < -0.39 is 0 Å². The molecule has 2 aromatic carbocycles. The predicted molar refractivity (Wildman–Crippen MR) is 80.6 cm³/mol. The first-order valence-corrected chi connectivity index (χ1v) is 7.36. The number of fused-ring (bicyclic) bond motifs is 1. The molecule has 0 saturated heterocycles. The van der Waals surface area contributed by atoms with Crippen LogP contribution in [0.15, 0.2) is 40.9 Å². The standard InChI is InChI=1S/C16H15BrFNO/c1-19-15(11-7-12(17)9-13(18)8-11)14-4-2-3-10-5-6-20-16(10)14/h2-4,7-9,15,19H,5-6H2,1H3. The topological polar surface area (TPSA) is 21.3 Å². The molecule has 0 radical (unpaired) electrons. The molecule has 0 amide bonds. The zero-order chi connectivity index (χ0) is 14.1. The maximum Gasteiger partial charge on any atom is 0.127 e. The predicted octanol–water partition coefficient (Wildman–Crippen LogP) is 3.83. The Morgan fingerprint density at radius 3 is 2.90 bits per heavy atom. The normalized spacial score (nSPS) is 14.8. The average Bonchev–Trinajstić information content (AvgIpc) is 2.87. The van der Waals surface area contributed by atoms with Crippen molar-refractivity contribution in [2.75, 3.05) is 13.7 Å². The van der Waals surface area contributed by atoms with E-state index in [1.807, 2.05) is 25.2 Å². The van der Waals surface area contributed by atoms with Crippen LogP contribution in [0.2, 0.25) is 0 Å². The van der Waals surface area contributed by atoms with Gasteiger partial charge in [-0.25, -0.2) is 4.39 Å². The molecule has 1 N–H and O–H groups in total. The molecular weight excluding hydrogens is 321 g/mol. The highest BCUT2D eigenvalue weighted by molar-refractivity contribution is 9.10. The second-order valence-corrected chi connectivity index (χ2v) is 5.77. The zero-order valence-electron chi connectivity index (χ0n) is 11.1. The average molecular weight is 336 g/mol. The molecule has 1 unspecified atom stereocenters. The van der Waals surface area contributed by atoms with E-state index >= 15 is 0 Å². The smallest absolute Gasteiger partial charge is 0.127 e. The lowest BCUT2D eigenvalue weighted by Gasteiger charge is -2.20. The molecule has 1 atom stereocenters. The Morgan fingerprint density at radius 1 is 1.30 bits per heavy atom. The van der Waals surface area contributed by atoms with Gasteiger partial charge in [-0.1, -0.05) is 34.1 Å². The highest BCUT2D eigenvalue weighted by atomic mass is 79.9. The molecule has 2 aromatic rings. The van der Waals surface area contributed by atoms with E-state index in [-0.39, 0.29) is 11.9 Å². The minimum absolute atomic E-state index is 0.0879. The lowest BCUT2D eigenvalue weighted by atomic mass is 9.96. The van der Waals surface area contributed by atoms with Gasteiger partial charge in [-0.05, 0) is 36.4 Å². The van der Waals surface area contributed by atoms with Crippen LogP contribution in [-0.4, -0.2) is 13.7 Å². The summed E-state index contributed by atoms with van der Waals surface area (Å²) in [5.41, 5.74) is 3.15. The van der Waals surface area contributed by atoms with Crippen molar-refractivity contribution in [2.24, 2.45) is 0 Å². The number of rotatable bonds is 3. The molecule has 0 bridgehead atoms. The number of nitrogens with one attached hydrogen (secondary N) is 1.